The molecule has 0 saturated carbocycles. The van der Waals surface area contributed by atoms with Gasteiger partial charge in [-0.05, 0) is 26.7 Å². The van der Waals surface area contributed by atoms with Crippen molar-refractivity contribution < 1.29 is 14.2 Å². The molecule has 1 saturated heterocycles. The number of unbranched alkanes of at least 4 members (excludes halogenated alkanes) is 8. The Morgan fingerprint density at radius 3 is 2.00 bits per heavy atom. The average Bonchev–Trinajstić information content (AvgIpc) is 2.82. The zero-order valence-electron chi connectivity index (χ0n) is 16.1. The number of ether oxygens (including phenoxy) is 3. The van der Waals surface area contributed by atoms with E-state index in [2.05, 4.69) is 13.8 Å². The van der Waals surface area contributed by atoms with Crippen LogP contribution in [0.5, 0.6) is 0 Å². The summed E-state index contributed by atoms with van der Waals surface area (Å²) in [5.41, 5.74) is -0.223. The van der Waals surface area contributed by atoms with Gasteiger partial charge in [0, 0.05) is 6.61 Å². The second kappa shape index (κ2) is 11.4. The molecule has 1 aliphatic heterocycles. The summed E-state index contributed by atoms with van der Waals surface area (Å²) in [6, 6.07) is 0. The molecule has 1 atom stereocenters. The van der Waals surface area contributed by atoms with Crippen molar-refractivity contribution in [3.05, 3.63) is 0 Å². The second-order valence-electron chi connectivity index (χ2n) is 7.60. The highest BCUT2D eigenvalue weighted by atomic mass is 16.8. The van der Waals surface area contributed by atoms with Crippen molar-refractivity contribution in [1.29, 1.82) is 0 Å². The molecule has 0 radical (unpaired) electrons. The second-order valence-corrected chi connectivity index (χ2v) is 7.60. The molecule has 3 heteroatoms. The van der Waals surface area contributed by atoms with Crippen LogP contribution < -0.4 is 0 Å². The Labute approximate surface area is 144 Å². The lowest BCUT2D eigenvalue weighted by Crippen LogP contribution is -2.39. The minimum atomic E-state index is -0.464. The molecule has 23 heavy (non-hydrogen) atoms. The van der Waals surface area contributed by atoms with Crippen molar-refractivity contribution in [3.63, 3.8) is 0 Å². The molecule has 0 aliphatic carbocycles. The first-order valence-corrected chi connectivity index (χ1v) is 9.95. The highest BCUT2D eigenvalue weighted by Gasteiger charge is 2.45. The van der Waals surface area contributed by atoms with Gasteiger partial charge in [-0.15, -0.1) is 0 Å². The molecule has 0 aromatic carbocycles. The summed E-state index contributed by atoms with van der Waals surface area (Å²) in [7, 11) is 0. The average molecular weight is 329 g/mol. The summed E-state index contributed by atoms with van der Waals surface area (Å²) < 4.78 is 18.1. The first-order valence-electron chi connectivity index (χ1n) is 9.95. The van der Waals surface area contributed by atoms with Crippen LogP contribution in [-0.2, 0) is 14.2 Å². The molecule has 0 bridgehead atoms. The Kier molecular flexibility index (Phi) is 10.4. The van der Waals surface area contributed by atoms with Crippen LogP contribution in [0.1, 0.15) is 98.3 Å². The zero-order chi connectivity index (χ0) is 17.0. The summed E-state index contributed by atoms with van der Waals surface area (Å²) >= 11 is 0. The summed E-state index contributed by atoms with van der Waals surface area (Å²) in [5.74, 6) is -0.464. The van der Waals surface area contributed by atoms with Gasteiger partial charge >= 0.3 is 0 Å². The summed E-state index contributed by atoms with van der Waals surface area (Å²) in [6.45, 7) is 10.7. The quantitative estimate of drug-likeness (QED) is 0.374. The highest BCUT2D eigenvalue weighted by Crippen LogP contribution is 2.35. The molecule has 3 nitrogen and oxygen atoms in total. The van der Waals surface area contributed by atoms with Crippen LogP contribution in [0.4, 0.5) is 0 Å². The summed E-state index contributed by atoms with van der Waals surface area (Å²) in [4.78, 5) is 0. The third-order valence-electron chi connectivity index (χ3n) is 4.64. The lowest BCUT2D eigenvalue weighted by molar-refractivity contribution is -0.175. The molecular formula is C20H40O3. The van der Waals surface area contributed by atoms with Gasteiger partial charge in [-0.25, -0.2) is 0 Å². The zero-order valence-corrected chi connectivity index (χ0v) is 16.1. The van der Waals surface area contributed by atoms with Crippen LogP contribution in [0.3, 0.4) is 0 Å². The van der Waals surface area contributed by atoms with E-state index in [4.69, 9.17) is 14.2 Å². The minimum Gasteiger partial charge on any atom is -0.378 e. The third-order valence-corrected chi connectivity index (χ3v) is 4.64. The van der Waals surface area contributed by atoms with E-state index in [0.29, 0.717) is 13.2 Å². The summed E-state index contributed by atoms with van der Waals surface area (Å²) in [5, 5.41) is 0. The Morgan fingerprint density at radius 2 is 1.43 bits per heavy atom. The van der Waals surface area contributed by atoms with Crippen molar-refractivity contribution in [2.45, 2.75) is 110 Å². The molecule has 0 amide bonds. The standard InChI is InChI=1S/C20H40O3/c1-5-7-9-11-13-15-20(18-22-19(3,4)23-20)17-21-16-14-12-10-8-6-2/h5-18H2,1-4H3. The SMILES string of the molecule is CCCCCCCOCC1(CCCCCCC)COC(C)(C)O1. The normalized spacial score (nSPS) is 23.5. The van der Waals surface area contributed by atoms with Gasteiger partial charge in [-0.2, -0.15) is 0 Å². The van der Waals surface area contributed by atoms with E-state index in [1.807, 2.05) is 13.8 Å². The maximum absolute atomic E-state index is 6.24. The van der Waals surface area contributed by atoms with Crippen LogP contribution in [0, 0.1) is 0 Å². The van der Waals surface area contributed by atoms with E-state index in [-0.39, 0.29) is 5.60 Å². The van der Waals surface area contributed by atoms with Gasteiger partial charge in [-0.3, -0.25) is 0 Å². The number of rotatable bonds is 14. The predicted molar refractivity (Wildman–Crippen MR) is 96.8 cm³/mol. The molecule has 1 fully saturated rings. The van der Waals surface area contributed by atoms with Crippen molar-refractivity contribution in [2.75, 3.05) is 19.8 Å². The first kappa shape index (κ1) is 20.9. The molecule has 1 rings (SSSR count). The van der Waals surface area contributed by atoms with E-state index in [1.54, 1.807) is 0 Å². The first-order chi connectivity index (χ1) is 11.0. The molecular weight excluding hydrogens is 288 g/mol. The Hall–Kier alpha value is -0.120. The van der Waals surface area contributed by atoms with Crippen molar-refractivity contribution in [1.82, 2.24) is 0 Å². The molecule has 1 heterocycles. The van der Waals surface area contributed by atoms with E-state index >= 15 is 0 Å². The van der Waals surface area contributed by atoms with E-state index in [9.17, 15) is 0 Å². The number of hydrogen-bond donors (Lipinski definition) is 0. The van der Waals surface area contributed by atoms with Crippen LogP contribution in [0.2, 0.25) is 0 Å². The molecule has 0 aromatic heterocycles. The van der Waals surface area contributed by atoms with E-state index in [0.717, 1.165) is 19.4 Å². The van der Waals surface area contributed by atoms with Crippen molar-refractivity contribution >= 4 is 0 Å². The monoisotopic (exact) mass is 328 g/mol. The molecule has 138 valence electrons. The number of hydrogen-bond acceptors (Lipinski definition) is 3. The predicted octanol–water partition coefficient (Wildman–Crippen LogP) is 5.86. The van der Waals surface area contributed by atoms with Gasteiger partial charge in [0.15, 0.2) is 5.79 Å². The van der Waals surface area contributed by atoms with Crippen molar-refractivity contribution in [3.8, 4) is 0 Å². The topological polar surface area (TPSA) is 27.7 Å². The molecule has 0 aromatic rings. The fraction of sp³-hybridized carbons (Fsp3) is 1.00. The maximum Gasteiger partial charge on any atom is 0.163 e. The Morgan fingerprint density at radius 1 is 0.826 bits per heavy atom. The molecule has 1 unspecified atom stereocenters. The third kappa shape index (κ3) is 9.07. The minimum absolute atomic E-state index is 0.223. The molecule has 1 aliphatic rings. The van der Waals surface area contributed by atoms with Crippen LogP contribution in [0.15, 0.2) is 0 Å². The fourth-order valence-corrected chi connectivity index (χ4v) is 3.27. The van der Waals surface area contributed by atoms with E-state index in [1.165, 1.54) is 57.8 Å². The fourth-order valence-electron chi connectivity index (χ4n) is 3.27. The van der Waals surface area contributed by atoms with Crippen LogP contribution in [-0.4, -0.2) is 31.2 Å². The Balaban J connectivity index is 2.26. The highest BCUT2D eigenvalue weighted by molar-refractivity contribution is 4.88. The van der Waals surface area contributed by atoms with Gasteiger partial charge in [0.2, 0.25) is 0 Å². The van der Waals surface area contributed by atoms with Gasteiger partial charge in [0.1, 0.15) is 5.60 Å². The van der Waals surface area contributed by atoms with E-state index < -0.39 is 5.79 Å². The Bertz CT molecular complexity index is 291. The summed E-state index contributed by atoms with van der Waals surface area (Å²) in [6.07, 6.45) is 13.9. The molecule has 0 N–H and O–H groups in total. The lowest BCUT2D eigenvalue weighted by atomic mass is 9.97. The van der Waals surface area contributed by atoms with Crippen LogP contribution in [0.25, 0.3) is 0 Å². The molecule has 0 spiro atoms. The lowest BCUT2D eigenvalue weighted by Gasteiger charge is -2.29. The van der Waals surface area contributed by atoms with Gasteiger partial charge in [-0.1, -0.05) is 71.6 Å². The van der Waals surface area contributed by atoms with Gasteiger partial charge in [0.05, 0.1) is 13.2 Å². The smallest absolute Gasteiger partial charge is 0.163 e. The van der Waals surface area contributed by atoms with Gasteiger partial charge < -0.3 is 14.2 Å². The van der Waals surface area contributed by atoms with Crippen LogP contribution >= 0.6 is 0 Å². The van der Waals surface area contributed by atoms with Crippen molar-refractivity contribution in [2.24, 2.45) is 0 Å². The largest absolute Gasteiger partial charge is 0.378 e. The van der Waals surface area contributed by atoms with Gasteiger partial charge in [0.25, 0.3) is 0 Å². The maximum atomic E-state index is 6.24.